The molecule has 1 atom stereocenters. The lowest BCUT2D eigenvalue weighted by Gasteiger charge is -2.30. The highest BCUT2D eigenvalue weighted by molar-refractivity contribution is 5.92. The van der Waals surface area contributed by atoms with Crippen molar-refractivity contribution in [1.82, 2.24) is 20.1 Å². The van der Waals surface area contributed by atoms with Crippen LogP contribution in [0.25, 0.3) is 5.82 Å². The van der Waals surface area contributed by atoms with E-state index in [1.54, 1.807) is 23.1 Å². The highest BCUT2D eigenvalue weighted by Crippen LogP contribution is 2.26. The van der Waals surface area contributed by atoms with Gasteiger partial charge in [-0.3, -0.25) is 4.79 Å². The first-order valence-corrected chi connectivity index (χ1v) is 8.26. The second kappa shape index (κ2) is 7.37. The Labute approximate surface area is 136 Å². The molecule has 0 radical (unpaired) electrons. The standard InChI is InChI=1S/C17H23N5O/c18-12-15(13-6-2-1-3-7-13)21-17(23)14-8-4-9-16(20-14)22-11-5-10-19-22/h4-5,8-11,13,15H,1-3,6-7,12,18H2,(H,21,23). The highest BCUT2D eigenvalue weighted by Gasteiger charge is 2.24. The fourth-order valence-corrected chi connectivity index (χ4v) is 3.23. The van der Waals surface area contributed by atoms with Crippen molar-refractivity contribution in [2.24, 2.45) is 11.7 Å². The zero-order valence-corrected chi connectivity index (χ0v) is 13.2. The number of hydrogen-bond acceptors (Lipinski definition) is 4. The number of carbonyl (C=O) groups is 1. The third-order valence-electron chi connectivity index (χ3n) is 4.50. The van der Waals surface area contributed by atoms with Gasteiger partial charge in [0.1, 0.15) is 5.69 Å². The molecule has 23 heavy (non-hydrogen) atoms. The molecule has 0 saturated heterocycles. The molecule has 0 aliphatic heterocycles. The molecular weight excluding hydrogens is 290 g/mol. The van der Waals surface area contributed by atoms with Crippen molar-refractivity contribution < 1.29 is 4.79 Å². The Morgan fingerprint density at radius 2 is 2.13 bits per heavy atom. The molecule has 122 valence electrons. The van der Waals surface area contributed by atoms with Gasteiger partial charge in [0.25, 0.3) is 5.91 Å². The van der Waals surface area contributed by atoms with Gasteiger partial charge in [0.2, 0.25) is 0 Å². The van der Waals surface area contributed by atoms with Gasteiger partial charge in [-0.05, 0) is 37.0 Å². The lowest BCUT2D eigenvalue weighted by Crippen LogP contribution is -2.46. The molecular formula is C17H23N5O. The molecule has 0 spiro atoms. The number of nitrogens with two attached hydrogens (primary N) is 1. The van der Waals surface area contributed by atoms with E-state index in [0.717, 1.165) is 12.8 Å². The second-order valence-corrected chi connectivity index (χ2v) is 6.05. The lowest BCUT2D eigenvalue weighted by atomic mass is 9.84. The number of nitrogens with one attached hydrogen (secondary N) is 1. The second-order valence-electron chi connectivity index (χ2n) is 6.05. The van der Waals surface area contributed by atoms with E-state index in [9.17, 15) is 4.79 Å². The van der Waals surface area contributed by atoms with Gasteiger partial charge in [0.05, 0.1) is 0 Å². The van der Waals surface area contributed by atoms with E-state index < -0.39 is 0 Å². The van der Waals surface area contributed by atoms with Crippen LogP contribution < -0.4 is 11.1 Å². The molecule has 3 N–H and O–H groups in total. The van der Waals surface area contributed by atoms with Gasteiger partial charge in [0.15, 0.2) is 5.82 Å². The number of aromatic nitrogens is 3. The van der Waals surface area contributed by atoms with Gasteiger partial charge >= 0.3 is 0 Å². The first kappa shape index (κ1) is 15.7. The molecule has 1 aliphatic rings. The maximum atomic E-state index is 12.5. The van der Waals surface area contributed by atoms with E-state index >= 15 is 0 Å². The largest absolute Gasteiger partial charge is 0.346 e. The van der Waals surface area contributed by atoms with Gasteiger partial charge in [-0.15, -0.1) is 0 Å². The number of hydrogen-bond donors (Lipinski definition) is 2. The fraction of sp³-hybridized carbons (Fsp3) is 0.471. The molecule has 2 heterocycles. The minimum atomic E-state index is -0.167. The Morgan fingerprint density at radius 3 is 2.83 bits per heavy atom. The van der Waals surface area contributed by atoms with E-state index in [4.69, 9.17) is 5.73 Å². The summed E-state index contributed by atoms with van der Waals surface area (Å²) in [5.41, 5.74) is 6.28. The van der Waals surface area contributed by atoms with Crippen LogP contribution in [0.1, 0.15) is 42.6 Å². The monoisotopic (exact) mass is 313 g/mol. The van der Waals surface area contributed by atoms with Crippen LogP contribution in [0.5, 0.6) is 0 Å². The molecule has 0 bridgehead atoms. The molecule has 3 rings (SSSR count). The number of amides is 1. The number of nitrogens with zero attached hydrogens (tertiary/aromatic N) is 3. The maximum Gasteiger partial charge on any atom is 0.270 e. The average Bonchev–Trinajstić information content (AvgIpc) is 3.15. The SMILES string of the molecule is NCC(NC(=O)c1cccc(-n2cccn2)n1)C1CCCCC1. The Balaban J connectivity index is 1.71. The van der Waals surface area contributed by atoms with Crippen LogP contribution in [0.2, 0.25) is 0 Å². The quantitative estimate of drug-likeness (QED) is 0.883. The summed E-state index contributed by atoms with van der Waals surface area (Å²) >= 11 is 0. The molecule has 2 aromatic heterocycles. The van der Waals surface area contributed by atoms with Crippen molar-refractivity contribution >= 4 is 5.91 Å². The van der Waals surface area contributed by atoms with Crippen molar-refractivity contribution in [1.29, 1.82) is 0 Å². The van der Waals surface area contributed by atoms with Crippen molar-refractivity contribution in [3.63, 3.8) is 0 Å². The normalized spacial score (nSPS) is 16.9. The van der Waals surface area contributed by atoms with Crippen LogP contribution in [0.4, 0.5) is 0 Å². The van der Waals surface area contributed by atoms with Crippen LogP contribution in [0, 0.1) is 5.92 Å². The molecule has 1 unspecified atom stereocenters. The summed E-state index contributed by atoms with van der Waals surface area (Å²) in [6.45, 7) is 0.468. The van der Waals surface area contributed by atoms with Crippen molar-refractivity contribution in [3.05, 3.63) is 42.4 Å². The molecule has 6 nitrogen and oxygen atoms in total. The van der Waals surface area contributed by atoms with Crippen LogP contribution in [-0.2, 0) is 0 Å². The summed E-state index contributed by atoms with van der Waals surface area (Å²) in [6, 6.07) is 7.21. The summed E-state index contributed by atoms with van der Waals surface area (Å²) in [5, 5.41) is 7.21. The molecule has 6 heteroatoms. The molecule has 1 fully saturated rings. The van der Waals surface area contributed by atoms with Crippen LogP contribution in [-0.4, -0.2) is 33.3 Å². The summed E-state index contributed by atoms with van der Waals surface area (Å²) < 4.78 is 1.64. The first-order chi connectivity index (χ1) is 11.3. The van der Waals surface area contributed by atoms with Crippen molar-refractivity contribution in [3.8, 4) is 5.82 Å². The van der Waals surface area contributed by atoms with Gasteiger partial charge in [0, 0.05) is 25.0 Å². The summed E-state index contributed by atoms with van der Waals surface area (Å²) in [7, 11) is 0. The number of carbonyl (C=O) groups excluding carboxylic acids is 1. The van der Waals surface area contributed by atoms with Crippen LogP contribution in [0.3, 0.4) is 0 Å². The zero-order valence-electron chi connectivity index (χ0n) is 13.2. The summed E-state index contributed by atoms with van der Waals surface area (Å²) in [4.78, 5) is 16.9. The Morgan fingerprint density at radius 1 is 1.30 bits per heavy atom. The third kappa shape index (κ3) is 3.76. The summed E-state index contributed by atoms with van der Waals surface area (Å²) in [5.74, 6) is 0.941. The predicted molar refractivity (Wildman–Crippen MR) is 88.2 cm³/mol. The topological polar surface area (TPSA) is 85.8 Å². The average molecular weight is 313 g/mol. The smallest absolute Gasteiger partial charge is 0.270 e. The minimum Gasteiger partial charge on any atom is -0.346 e. The number of pyridine rings is 1. The lowest BCUT2D eigenvalue weighted by molar-refractivity contribution is 0.0910. The van der Waals surface area contributed by atoms with E-state index in [-0.39, 0.29) is 11.9 Å². The maximum absolute atomic E-state index is 12.5. The minimum absolute atomic E-state index is 0.0259. The van der Waals surface area contributed by atoms with Gasteiger partial charge in [-0.1, -0.05) is 25.3 Å². The fourth-order valence-electron chi connectivity index (χ4n) is 3.23. The molecule has 1 amide bonds. The molecule has 0 aromatic carbocycles. The van der Waals surface area contributed by atoms with Crippen molar-refractivity contribution in [2.75, 3.05) is 6.54 Å². The van der Waals surface area contributed by atoms with Crippen molar-refractivity contribution in [2.45, 2.75) is 38.1 Å². The van der Waals surface area contributed by atoms with Gasteiger partial charge in [-0.2, -0.15) is 5.10 Å². The highest BCUT2D eigenvalue weighted by atomic mass is 16.1. The van der Waals surface area contributed by atoms with E-state index in [1.165, 1.54) is 19.3 Å². The Hall–Kier alpha value is -2.21. The third-order valence-corrected chi connectivity index (χ3v) is 4.50. The van der Waals surface area contributed by atoms with Gasteiger partial charge < -0.3 is 11.1 Å². The first-order valence-electron chi connectivity index (χ1n) is 8.26. The van der Waals surface area contributed by atoms with E-state index in [2.05, 4.69) is 15.4 Å². The predicted octanol–water partition coefficient (Wildman–Crippen LogP) is 1.90. The zero-order chi connectivity index (χ0) is 16.1. The van der Waals surface area contributed by atoms with E-state index in [1.807, 2.05) is 18.2 Å². The molecule has 1 aliphatic carbocycles. The van der Waals surface area contributed by atoms with Crippen LogP contribution in [0.15, 0.2) is 36.7 Å². The number of rotatable bonds is 5. The van der Waals surface area contributed by atoms with E-state index in [0.29, 0.717) is 24.0 Å². The Kier molecular flexibility index (Phi) is 5.02. The van der Waals surface area contributed by atoms with Crippen LogP contribution >= 0.6 is 0 Å². The Bertz CT molecular complexity index is 634. The molecule has 1 saturated carbocycles. The van der Waals surface area contributed by atoms with Gasteiger partial charge in [-0.25, -0.2) is 9.67 Å². The molecule has 2 aromatic rings. The summed E-state index contributed by atoms with van der Waals surface area (Å²) in [6.07, 6.45) is 9.51.